The lowest BCUT2D eigenvalue weighted by atomic mass is 10.1. The van der Waals surface area contributed by atoms with Crippen LogP contribution in [0.4, 0.5) is 5.69 Å². The molecule has 0 aliphatic carbocycles. The number of anilines is 1. The largest absolute Gasteiger partial charge is 0.366 e. The van der Waals surface area contributed by atoms with E-state index in [1.165, 1.54) is 22.2 Å². The lowest BCUT2D eigenvalue weighted by Gasteiger charge is -2.09. The average Bonchev–Trinajstić information content (AvgIpc) is 3.24. The van der Waals surface area contributed by atoms with Crippen LogP contribution in [-0.4, -0.2) is 32.3 Å². The van der Waals surface area contributed by atoms with E-state index in [0.717, 1.165) is 11.4 Å². The van der Waals surface area contributed by atoms with Crippen molar-refractivity contribution in [3.63, 3.8) is 0 Å². The summed E-state index contributed by atoms with van der Waals surface area (Å²) in [5.41, 5.74) is 8.22. The number of nitrogens with one attached hydrogen (secondary N) is 1. The molecule has 2 amide bonds. The van der Waals surface area contributed by atoms with Crippen molar-refractivity contribution in [1.29, 1.82) is 0 Å². The highest BCUT2D eigenvalue weighted by Crippen LogP contribution is 2.31. The van der Waals surface area contributed by atoms with Crippen LogP contribution in [0.3, 0.4) is 0 Å². The van der Waals surface area contributed by atoms with Crippen molar-refractivity contribution in [2.45, 2.75) is 25.5 Å². The number of allylic oxidation sites excluding steroid dienone is 1. The van der Waals surface area contributed by atoms with Gasteiger partial charge in [-0.15, -0.1) is 28.1 Å². The number of amides is 2. The Hall–Kier alpha value is -2.91. The van der Waals surface area contributed by atoms with E-state index in [4.69, 9.17) is 5.73 Å². The van der Waals surface area contributed by atoms with Gasteiger partial charge in [0.1, 0.15) is 0 Å². The van der Waals surface area contributed by atoms with Crippen molar-refractivity contribution in [2.24, 2.45) is 5.73 Å². The second-order valence-electron chi connectivity index (χ2n) is 6.28. The summed E-state index contributed by atoms with van der Waals surface area (Å²) >= 11 is 2.94. The fourth-order valence-corrected chi connectivity index (χ4v) is 4.36. The Labute approximate surface area is 177 Å². The summed E-state index contributed by atoms with van der Waals surface area (Å²) in [6.07, 6.45) is 1.77. The number of carbonyl (C=O) groups is 2. The fraction of sp³-hybridized carbons (Fsp3) is 0.200. The van der Waals surface area contributed by atoms with E-state index in [1.54, 1.807) is 41.7 Å². The second kappa shape index (κ2) is 9.06. The fourth-order valence-electron chi connectivity index (χ4n) is 2.75. The molecule has 0 aliphatic rings. The van der Waals surface area contributed by atoms with Crippen molar-refractivity contribution in [1.82, 2.24) is 14.8 Å². The number of carbonyl (C=O) groups excluding carboxylic acids is 2. The monoisotopic (exact) mass is 427 g/mol. The number of aromatic nitrogens is 3. The van der Waals surface area contributed by atoms with Gasteiger partial charge < -0.3 is 11.1 Å². The molecular formula is C20H21N5O2S2. The van der Waals surface area contributed by atoms with Gasteiger partial charge in [0, 0.05) is 22.4 Å². The molecule has 3 rings (SSSR count). The molecule has 9 heteroatoms. The minimum atomic E-state index is -0.592. The number of primary amides is 1. The molecule has 2 aromatic heterocycles. The van der Waals surface area contributed by atoms with Crippen molar-refractivity contribution in [3.05, 3.63) is 58.3 Å². The molecule has 7 nitrogen and oxygen atoms in total. The maximum Gasteiger partial charge on any atom is 0.250 e. The molecule has 0 radical (unpaired) electrons. The van der Waals surface area contributed by atoms with Crippen LogP contribution in [-0.2, 0) is 11.3 Å². The number of thiophene rings is 1. The zero-order valence-electron chi connectivity index (χ0n) is 16.1. The Morgan fingerprint density at radius 2 is 2.07 bits per heavy atom. The Bertz CT molecular complexity index is 1070. The van der Waals surface area contributed by atoms with E-state index < -0.39 is 5.91 Å². The SMILES string of the molecule is C=CCn1c(SCC(=O)Nc2ccccc2C(N)=O)nnc1-c1csc(C)c1C. The Kier molecular flexibility index (Phi) is 6.50. The van der Waals surface area contributed by atoms with Crippen LogP contribution in [0.15, 0.2) is 47.5 Å². The molecule has 150 valence electrons. The predicted molar refractivity (Wildman–Crippen MR) is 117 cm³/mol. The van der Waals surface area contributed by atoms with Crippen molar-refractivity contribution < 1.29 is 9.59 Å². The maximum atomic E-state index is 12.4. The molecule has 0 saturated carbocycles. The summed E-state index contributed by atoms with van der Waals surface area (Å²) in [5, 5.41) is 14.0. The molecule has 29 heavy (non-hydrogen) atoms. The number of hydrogen-bond acceptors (Lipinski definition) is 6. The molecule has 3 aromatic rings. The third kappa shape index (κ3) is 4.57. The van der Waals surface area contributed by atoms with E-state index in [-0.39, 0.29) is 17.2 Å². The number of thioether (sulfide) groups is 1. The average molecular weight is 428 g/mol. The van der Waals surface area contributed by atoms with E-state index in [2.05, 4.69) is 41.3 Å². The van der Waals surface area contributed by atoms with Gasteiger partial charge in [-0.25, -0.2) is 0 Å². The Morgan fingerprint density at radius 1 is 1.31 bits per heavy atom. The number of benzene rings is 1. The lowest BCUT2D eigenvalue weighted by molar-refractivity contribution is -0.113. The normalized spacial score (nSPS) is 10.7. The zero-order chi connectivity index (χ0) is 21.0. The molecule has 0 fully saturated rings. The molecule has 1 aromatic carbocycles. The molecule has 3 N–H and O–H groups in total. The van der Waals surface area contributed by atoms with Crippen molar-refractivity contribution in [2.75, 3.05) is 11.1 Å². The summed E-state index contributed by atoms with van der Waals surface area (Å²) in [5.74, 6) is 0.0179. The number of hydrogen-bond donors (Lipinski definition) is 2. The molecule has 0 aliphatic heterocycles. The maximum absolute atomic E-state index is 12.4. The summed E-state index contributed by atoms with van der Waals surface area (Å²) in [6, 6.07) is 6.64. The standard InChI is InChI=1S/C20H21N5O2S2/c1-4-9-25-19(15-10-28-13(3)12(15)2)23-24-20(25)29-11-17(26)22-16-8-6-5-7-14(16)18(21)27/h4-8,10H,1,9,11H2,2-3H3,(H2,21,27)(H,22,26). The van der Waals surface area contributed by atoms with Gasteiger partial charge >= 0.3 is 0 Å². The number of nitrogens with zero attached hydrogens (tertiary/aromatic N) is 3. The minimum absolute atomic E-state index is 0.115. The summed E-state index contributed by atoms with van der Waals surface area (Å²) < 4.78 is 1.94. The first-order valence-corrected chi connectivity index (χ1v) is 10.7. The minimum Gasteiger partial charge on any atom is -0.366 e. The molecular weight excluding hydrogens is 406 g/mol. The highest BCUT2D eigenvalue weighted by Gasteiger charge is 2.18. The van der Waals surface area contributed by atoms with Gasteiger partial charge in [-0.3, -0.25) is 14.2 Å². The topological polar surface area (TPSA) is 103 Å². The molecule has 0 spiro atoms. The number of nitrogens with two attached hydrogens (primary N) is 1. The summed E-state index contributed by atoms with van der Waals surface area (Å²) in [4.78, 5) is 25.1. The van der Waals surface area contributed by atoms with Crippen LogP contribution in [0.2, 0.25) is 0 Å². The second-order valence-corrected chi connectivity index (χ2v) is 8.31. The molecule has 0 bridgehead atoms. The Balaban J connectivity index is 1.76. The smallest absolute Gasteiger partial charge is 0.250 e. The molecule has 2 heterocycles. The van der Waals surface area contributed by atoms with Gasteiger partial charge in [0.25, 0.3) is 5.91 Å². The third-order valence-electron chi connectivity index (χ3n) is 4.35. The van der Waals surface area contributed by atoms with Crippen LogP contribution in [0, 0.1) is 13.8 Å². The van der Waals surface area contributed by atoms with E-state index in [0.29, 0.717) is 17.4 Å². The van der Waals surface area contributed by atoms with Gasteiger partial charge in [-0.05, 0) is 31.5 Å². The van der Waals surface area contributed by atoms with E-state index >= 15 is 0 Å². The van der Waals surface area contributed by atoms with Crippen molar-refractivity contribution in [3.8, 4) is 11.4 Å². The van der Waals surface area contributed by atoms with Crippen LogP contribution in [0.5, 0.6) is 0 Å². The van der Waals surface area contributed by atoms with Crippen LogP contribution in [0.25, 0.3) is 11.4 Å². The van der Waals surface area contributed by atoms with Gasteiger partial charge in [0.05, 0.1) is 17.0 Å². The lowest BCUT2D eigenvalue weighted by Crippen LogP contribution is -2.19. The highest BCUT2D eigenvalue weighted by molar-refractivity contribution is 7.99. The highest BCUT2D eigenvalue weighted by atomic mass is 32.2. The molecule has 0 atom stereocenters. The first-order chi connectivity index (χ1) is 13.9. The van der Waals surface area contributed by atoms with Crippen LogP contribution < -0.4 is 11.1 Å². The predicted octanol–water partition coefficient (Wildman–Crippen LogP) is 3.64. The van der Waals surface area contributed by atoms with Gasteiger partial charge in [-0.2, -0.15) is 0 Å². The van der Waals surface area contributed by atoms with Gasteiger partial charge in [0.2, 0.25) is 5.91 Å². The van der Waals surface area contributed by atoms with E-state index in [1.807, 2.05) is 4.57 Å². The Morgan fingerprint density at radius 3 is 2.72 bits per heavy atom. The zero-order valence-corrected chi connectivity index (χ0v) is 17.8. The van der Waals surface area contributed by atoms with Crippen LogP contribution >= 0.6 is 23.1 Å². The van der Waals surface area contributed by atoms with Crippen LogP contribution in [0.1, 0.15) is 20.8 Å². The first kappa shape index (κ1) is 20.8. The number of rotatable bonds is 8. The van der Waals surface area contributed by atoms with Crippen molar-refractivity contribution >= 4 is 40.6 Å². The summed E-state index contributed by atoms with van der Waals surface area (Å²) in [6.45, 7) is 8.47. The quantitative estimate of drug-likeness (QED) is 0.422. The first-order valence-electron chi connectivity index (χ1n) is 8.83. The number of aryl methyl sites for hydroxylation is 1. The molecule has 0 unspecified atom stereocenters. The van der Waals surface area contributed by atoms with E-state index in [9.17, 15) is 9.59 Å². The summed E-state index contributed by atoms with van der Waals surface area (Å²) in [7, 11) is 0. The molecule has 0 saturated heterocycles. The third-order valence-corrected chi connectivity index (χ3v) is 6.33. The van der Waals surface area contributed by atoms with Gasteiger partial charge in [-0.1, -0.05) is 30.0 Å². The van der Waals surface area contributed by atoms with Gasteiger partial charge in [0.15, 0.2) is 11.0 Å². The number of para-hydroxylation sites is 1.